The van der Waals surface area contributed by atoms with Gasteiger partial charge in [-0.2, -0.15) is 5.10 Å². The standard InChI is InChI=1S/C23H21N7O2/c1-15-6-3-4-7-17(15)12-29-14-25-23(28-29)26-20(31)13-30-22-21(16(2)27-30)18(9-10-24-22)19-8-5-11-32-19/h3-11,14H,12-13H2,1-2H3,(H,26,28,31). The van der Waals surface area contributed by atoms with Crippen molar-refractivity contribution in [2.24, 2.45) is 0 Å². The van der Waals surface area contributed by atoms with Gasteiger partial charge in [0.15, 0.2) is 5.65 Å². The van der Waals surface area contributed by atoms with Gasteiger partial charge in [0.05, 0.1) is 23.9 Å². The Morgan fingerprint density at radius 1 is 1.06 bits per heavy atom. The van der Waals surface area contributed by atoms with Crippen LogP contribution in [0.5, 0.6) is 0 Å². The third kappa shape index (κ3) is 3.76. The second-order valence-corrected chi connectivity index (χ2v) is 7.52. The van der Waals surface area contributed by atoms with Crippen molar-refractivity contribution in [3.8, 4) is 11.3 Å². The predicted octanol–water partition coefficient (Wildman–Crippen LogP) is 3.59. The molecule has 1 amide bonds. The summed E-state index contributed by atoms with van der Waals surface area (Å²) >= 11 is 0. The molecular weight excluding hydrogens is 406 g/mol. The van der Waals surface area contributed by atoms with Crippen molar-refractivity contribution in [2.45, 2.75) is 26.9 Å². The maximum Gasteiger partial charge on any atom is 0.248 e. The number of carbonyl (C=O) groups is 1. The normalized spacial score (nSPS) is 11.2. The van der Waals surface area contributed by atoms with E-state index in [1.165, 1.54) is 5.56 Å². The average molecular weight is 427 g/mol. The lowest BCUT2D eigenvalue weighted by atomic mass is 10.1. The van der Waals surface area contributed by atoms with Crippen molar-refractivity contribution >= 4 is 22.9 Å². The van der Waals surface area contributed by atoms with Crippen molar-refractivity contribution in [3.63, 3.8) is 0 Å². The molecule has 0 unspecified atom stereocenters. The average Bonchev–Trinajstić information content (AvgIpc) is 3.52. The van der Waals surface area contributed by atoms with Crippen LogP contribution in [-0.2, 0) is 17.9 Å². The molecule has 1 N–H and O–H groups in total. The van der Waals surface area contributed by atoms with E-state index in [1.807, 2.05) is 43.3 Å². The van der Waals surface area contributed by atoms with Gasteiger partial charge in [0, 0.05) is 11.8 Å². The highest BCUT2D eigenvalue weighted by molar-refractivity contribution is 5.95. The fourth-order valence-electron chi connectivity index (χ4n) is 3.72. The van der Waals surface area contributed by atoms with E-state index in [0.717, 1.165) is 28.0 Å². The van der Waals surface area contributed by atoms with E-state index >= 15 is 0 Å². The molecule has 9 heteroatoms. The van der Waals surface area contributed by atoms with Crippen molar-refractivity contribution in [3.05, 3.63) is 78.1 Å². The van der Waals surface area contributed by atoms with Crippen LogP contribution in [0.25, 0.3) is 22.4 Å². The SMILES string of the molecule is Cc1ccccc1Cn1cnc(NC(=O)Cn2nc(C)c3c(-c4ccco4)ccnc32)n1. The monoisotopic (exact) mass is 427 g/mol. The number of fused-ring (bicyclic) bond motifs is 1. The molecule has 0 aliphatic rings. The highest BCUT2D eigenvalue weighted by Gasteiger charge is 2.17. The number of furan rings is 1. The Kier molecular flexibility index (Phi) is 4.98. The molecule has 5 aromatic rings. The first kappa shape index (κ1) is 19.7. The number of benzene rings is 1. The van der Waals surface area contributed by atoms with Gasteiger partial charge in [-0.3, -0.25) is 10.1 Å². The Bertz CT molecular complexity index is 1400. The van der Waals surface area contributed by atoms with Gasteiger partial charge in [-0.1, -0.05) is 24.3 Å². The molecule has 0 fully saturated rings. The number of rotatable bonds is 6. The number of nitrogens with one attached hydrogen (secondary N) is 1. The highest BCUT2D eigenvalue weighted by Crippen LogP contribution is 2.30. The zero-order valence-electron chi connectivity index (χ0n) is 17.7. The zero-order valence-corrected chi connectivity index (χ0v) is 17.7. The van der Waals surface area contributed by atoms with Crippen molar-refractivity contribution < 1.29 is 9.21 Å². The van der Waals surface area contributed by atoms with E-state index in [9.17, 15) is 4.79 Å². The summed E-state index contributed by atoms with van der Waals surface area (Å²) in [6.45, 7) is 4.51. The van der Waals surface area contributed by atoms with Gasteiger partial charge in [0.25, 0.3) is 0 Å². The van der Waals surface area contributed by atoms with Crippen LogP contribution in [-0.4, -0.2) is 35.4 Å². The highest BCUT2D eigenvalue weighted by atomic mass is 16.3. The Hall–Kier alpha value is -4.27. The summed E-state index contributed by atoms with van der Waals surface area (Å²) in [5.74, 6) is 0.696. The minimum atomic E-state index is -0.284. The van der Waals surface area contributed by atoms with Crippen LogP contribution in [0, 0.1) is 13.8 Å². The molecule has 0 aliphatic heterocycles. The van der Waals surface area contributed by atoms with Gasteiger partial charge >= 0.3 is 0 Å². The number of nitrogens with zero attached hydrogens (tertiary/aromatic N) is 6. The zero-order chi connectivity index (χ0) is 22.1. The van der Waals surface area contributed by atoms with Crippen molar-refractivity contribution in [1.29, 1.82) is 0 Å². The molecule has 0 bridgehead atoms. The number of hydrogen-bond acceptors (Lipinski definition) is 6. The number of aryl methyl sites for hydroxylation is 2. The largest absolute Gasteiger partial charge is 0.464 e. The van der Waals surface area contributed by atoms with E-state index in [-0.39, 0.29) is 18.4 Å². The van der Waals surface area contributed by atoms with Gasteiger partial charge in [-0.15, -0.1) is 5.10 Å². The minimum Gasteiger partial charge on any atom is -0.464 e. The number of carbonyl (C=O) groups excluding carboxylic acids is 1. The molecule has 0 radical (unpaired) electrons. The first-order valence-corrected chi connectivity index (χ1v) is 10.2. The molecule has 4 aromatic heterocycles. The molecule has 0 spiro atoms. The lowest BCUT2D eigenvalue weighted by molar-refractivity contribution is -0.116. The third-order valence-corrected chi connectivity index (χ3v) is 5.27. The third-order valence-electron chi connectivity index (χ3n) is 5.27. The van der Waals surface area contributed by atoms with Crippen LogP contribution in [0.2, 0.25) is 0 Å². The lowest BCUT2D eigenvalue weighted by Crippen LogP contribution is -2.20. The molecule has 0 saturated carbocycles. The molecule has 32 heavy (non-hydrogen) atoms. The summed E-state index contributed by atoms with van der Waals surface area (Å²) in [5.41, 5.74) is 4.60. The van der Waals surface area contributed by atoms with Crippen molar-refractivity contribution in [2.75, 3.05) is 5.32 Å². The molecule has 4 heterocycles. The number of pyridine rings is 1. The van der Waals surface area contributed by atoms with E-state index in [4.69, 9.17) is 4.42 Å². The van der Waals surface area contributed by atoms with E-state index in [1.54, 1.807) is 28.2 Å². The summed E-state index contributed by atoms with van der Waals surface area (Å²) in [6, 6.07) is 13.7. The second kappa shape index (κ2) is 8.10. The van der Waals surface area contributed by atoms with Gasteiger partial charge in [0.2, 0.25) is 11.9 Å². The lowest BCUT2D eigenvalue weighted by Gasteiger charge is -2.05. The van der Waals surface area contributed by atoms with Gasteiger partial charge in [0.1, 0.15) is 18.6 Å². The fraction of sp³-hybridized carbons (Fsp3) is 0.174. The summed E-state index contributed by atoms with van der Waals surface area (Å²) in [6.07, 6.45) is 4.91. The Labute approximate surface area is 183 Å². The van der Waals surface area contributed by atoms with Crippen LogP contribution in [0.15, 0.2) is 65.7 Å². The van der Waals surface area contributed by atoms with Gasteiger partial charge in [-0.25, -0.2) is 19.3 Å². The molecule has 9 nitrogen and oxygen atoms in total. The van der Waals surface area contributed by atoms with Crippen LogP contribution >= 0.6 is 0 Å². The maximum atomic E-state index is 12.7. The van der Waals surface area contributed by atoms with E-state index in [2.05, 4.69) is 38.5 Å². The first-order valence-electron chi connectivity index (χ1n) is 10.2. The van der Waals surface area contributed by atoms with Crippen LogP contribution in [0.3, 0.4) is 0 Å². The fourth-order valence-corrected chi connectivity index (χ4v) is 3.72. The molecule has 160 valence electrons. The Balaban J connectivity index is 1.32. The van der Waals surface area contributed by atoms with Crippen molar-refractivity contribution in [1.82, 2.24) is 29.5 Å². The Morgan fingerprint density at radius 3 is 2.75 bits per heavy atom. The quantitative estimate of drug-likeness (QED) is 0.444. The molecular formula is C23H21N7O2. The van der Waals surface area contributed by atoms with Crippen LogP contribution in [0.4, 0.5) is 5.95 Å². The molecule has 0 saturated heterocycles. The van der Waals surface area contributed by atoms with Gasteiger partial charge in [-0.05, 0) is 43.2 Å². The number of anilines is 1. The second-order valence-electron chi connectivity index (χ2n) is 7.52. The maximum absolute atomic E-state index is 12.7. The number of aromatic nitrogens is 6. The van der Waals surface area contributed by atoms with E-state index < -0.39 is 0 Å². The molecule has 1 aromatic carbocycles. The molecule has 0 atom stereocenters. The Morgan fingerprint density at radius 2 is 1.94 bits per heavy atom. The minimum absolute atomic E-state index is 0.00865. The summed E-state index contributed by atoms with van der Waals surface area (Å²) in [5, 5.41) is 12.5. The summed E-state index contributed by atoms with van der Waals surface area (Å²) in [4.78, 5) is 21.3. The van der Waals surface area contributed by atoms with Crippen LogP contribution in [0.1, 0.15) is 16.8 Å². The number of hydrogen-bond donors (Lipinski definition) is 1. The first-order chi connectivity index (χ1) is 15.6. The smallest absolute Gasteiger partial charge is 0.248 e. The summed E-state index contributed by atoms with van der Waals surface area (Å²) in [7, 11) is 0. The van der Waals surface area contributed by atoms with E-state index in [0.29, 0.717) is 12.2 Å². The molecule has 5 rings (SSSR count). The molecule has 0 aliphatic carbocycles. The summed E-state index contributed by atoms with van der Waals surface area (Å²) < 4.78 is 8.82. The van der Waals surface area contributed by atoms with Crippen LogP contribution < -0.4 is 5.32 Å². The topological polar surface area (TPSA) is 104 Å². The number of amides is 1. The predicted molar refractivity (Wildman–Crippen MR) is 119 cm³/mol. The van der Waals surface area contributed by atoms with Gasteiger partial charge < -0.3 is 4.42 Å².